The number of nitrogens with one attached hydrogen (secondary N) is 2. The van der Waals surface area contributed by atoms with Crippen molar-refractivity contribution in [2.45, 2.75) is 19.9 Å². The largest absolute Gasteiger partial charge is 0.446 e. The smallest absolute Gasteiger partial charge is 0.277 e. The Morgan fingerprint density at radius 1 is 1.25 bits per heavy atom. The predicted octanol–water partition coefficient (Wildman–Crippen LogP) is 3.91. The van der Waals surface area contributed by atoms with Crippen LogP contribution in [0.3, 0.4) is 0 Å². The average molecular weight is 403 g/mol. The maximum atomic E-state index is 13.9. The quantitative estimate of drug-likeness (QED) is 0.674. The Hall–Kier alpha value is -3.26. The maximum Gasteiger partial charge on any atom is 0.277 e. The molecular formula is C19H16ClFN4O3. The molecule has 2 aromatic heterocycles. The molecule has 9 heteroatoms. The monoisotopic (exact) mass is 402 g/mol. The number of rotatable bonds is 5. The Morgan fingerprint density at radius 2 is 2.04 bits per heavy atom. The van der Waals surface area contributed by atoms with E-state index in [0.717, 1.165) is 11.6 Å². The minimum Gasteiger partial charge on any atom is -0.446 e. The van der Waals surface area contributed by atoms with E-state index in [1.165, 1.54) is 24.6 Å². The molecule has 7 nitrogen and oxygen atoms in total. The number of nitrogens with zero attached hydrogens (tertiary/aromatic N) is 2. The van der Waals surface area contributed by atoms with Gasteiger partial charge in [0, 0.05) is 6.20 Å². The van der Waals surface area contributed by atoms with Gasteiger partial charge in [0.05, 0.1) is 22.5 Å². The predicted molar refractivity (Wildman–Crippen MR) is 101 cm³/mol. The lowest BCUT2D eigenvalue weighted by molar-refractivity contribution is 0.0930. The van der Waals surface area contributed by atoms with Gasteiger partial charge in [0.25, 0.3) is 11.8 Å². The molecule has 1 atom stereocenters. The van der Waals surface area contributed by atoms with Gasteiger partial charge in [-0.05, 0) is 37.6 Å². The number of pyridine rings is 1. The van der Waals surface area contributed by atoms with E-state index >= 15 is 0 Å². The first-order valence-corrected chi connectivity index (χ1v) is 8.67. The molecule has 0 spiro atoms. The van der Waals surface area contributed by atoms with Crippen LogP contribution in [-0.4, -0.2) is 21.8 Å². The summed E-state index contributed by atoms with van der Waals surface area (Å²) in [7, 11) is 0. The van der Waals surface area contributed by atoms with Crippen molar-refractivity contribution in [1.29, 1.82) is 0 Å². The molecule has 3 aromatic rings. The van der Waals surface area contributed by atoms with Crippen LogP contribution < -0.4 is 10.6 Å². The summed E-state index contributed by atoms with van der Waals surface area (Å²) in [6, 6.07) is 5.00. The van der Waals surface area contributed by atoms with Crippen molar-refractivity contribution < 1.29 is 18.4 Å². The zero-order chi connectivity index (χ0) is 20.3. The fraction of sp³-hybridized carbons (Fsp3) is 0.158. The molecule has 28 heavy (non-hydrogen) atoms. The van der Waals surface area contributed by atoms with E-state index in [2.05, 4.69) is 20.6 Å². The fourth-order valence-electron chi connectivity index (χ4n) is 2.42. The Kier molecular flexibility index (Phi) is 5.70. The number of amides is 2. The Balaban J connectivity index is 1.70. The van der Waals surface area contributed by atoms with Crippen molar-refractivity contribution in [2.24, 2.45) is 0 Å². The SMILES string of the molecule is Cc1ccncc1NC(=O)c1coc([C@@H](C)NC(=O)c2c(F)cccc2Cl)n1. The van der Waals surface area contributed by atoms with Crippen LogP contribution in [0.25, 0.3) is 0 Å². The first-order valence-electron chi connectivity index (χ1n) is 8.29. The molecule has 0 bridgehead atoms. The second-order valence-electron chi connectivity index (χ2n) is 6.01. The molecule has 2 N–H and O–H groups in total. The van der Waals surface area contributed by atoms with Crippen molar-refractivity contribution >= 4 is 29.1 Å². The van der Waals surface area contributed by atoms with E-state index in [1.54, 1.807) is 19.2 Å². The Morgan fingerprint density at radius 3 is 2.75 bits per heavy atom. The van der Waals surface area contributed by atoms with Crippen LogP contribution in [0.1, 0.15) is 45.3 Å². The highest BCUT2D eigenvalue weighted by atomic mass is 35.5. The third-order valence-electron chi connectivity index (χ3n) is 3.95. The number of carbonyl (C=O) groups excluding carboxylic acids is 2. The van der Waals surface area contributed by atoms with Crippen molar-refractivity contribution in [1.82, 2.24) is 15.3 Å². The first-order chi connectivity index (χ1) is 13.4. The van der Waals surface area contributed by atoms with Crippen molar-refractivity contribution in [3.05, 3.63) is 76.5 Å². The number of oxazole rings is 1. The first kappa shape index (κ1) is 19.5. The number of hydrogen-bond acceptors (Lipinski definition) is 5. The second-order valence-corrected chi connectivity index (χ2v) is 6.41. The number of carbonyl (C=O) groups is 2. The van der Waals surface area contributed by atoms with Crippen molar-refractivity contribution in [3.63, 3.8) is 0 Å². The van der Waals surface area contributed by atoms with Gasteiger partial charge < -0.3 is 15.1 Å². The third kappa shape index (κ3) is 4.17. The molecule has 0 fully saturated rings. The van der Waals surface area contributed by atoms with Gasteiger partial charge in [-0.2, -0.15) is 0 Å². The molecule has 2 amide bonds. The number of benzene rings is 1. The van der Waals surface area contributed by atoms with Gasteiger partial charge in [-0.3, -0.25) is 14.6 Å². The summed E-state index contributed by atoms with van der Waals surface area (Å²) in [5.41, 5.74) is 1.15. The van der Waals surface area contributed by atoms with Crippen LogP contribution in [0.5, 0.6) is 0 Å². The lowest BCUT2D eigenvalue weighted by Gasteiger charge is -2.11. The topological polar surface area (TPSA) is 97.1 Å². The van der Waals surface area contributed by atoms with E-state index in [0.29, 0.717) is 5.69 Å². The summed E-state index contributed by atoms with van der Waals surface area (Å²) >= 11 is 5.89. The zero-order valence-electron chi connectivity index (χ0n) is 15.0. The summed E-state index contributed by atoms with van der Waals surface area (Å²) in [6.45, 7) is 3.42. The molecule has 2 heterocycles. The Labute approximate surface area is 164 Å². The summed E-state index contributed by atoms with van der Waals surface area (Å²) < 4.78 is 19.1. The number of anilines is 1. The van der Waals surface area contributed by atoms with E-state index in [-0.39, 0.29) is 22.2 Å². The van der Waals surface area contributed by atoms with Crippen LogP contribution >= 0.6 is 11.6 Å². The van der Waals surface area contributed by atoms with Crippen molar-refractivity contribution in [3.8, 4) is 0 Å². The number of hydrogen-bond donors (Lipinski definition) is 2. The fourth-order valence-corrected chi connectivity index (χ4v) is 2.67. The normalized spacial score (nSPS) is 11.7. The van der Waals surface area contributed by atoms with Gasteiger partial charge in [-0.1, -0.05) is 17.7 Å². The highest BCUT2D eigenvalue weighted by molar-refractivity contribution is 6.33. The molecular weight excluding hydrogens is 387 g/mol. The molecule has 0 saturated heterocycles. The lowest BCUT2D eigenvalue weighted by Crippen LogP contribution is -2.28. The van der Waals surface area contributed by atoms with Gasteiger partial charge in [0.1, 0.15) is 18.1 Å². The number of aryl methyl sites for hydroxylation is 1. The molecule has 3 rings (SSSR count). The summed E-state index contributed by atoms with van der Waals surface area (Å²) in [6.07, 6.45) is 4.32. The highest BCUT2D eigenvalue weighted by Gasteiger charge is 2.22. The molecule has 1 aromatic carbocycles. The minimum absolute atomic E-state index is 0.0102. The Bertz CT molecular complexity index is 1020. The average Bonchev–Trinajstić information content (AvgIpc) is 3.14. The zero-order valence-corrected chi connectivity index (χ0v) is 15.7. The van der Waals surface area contributed by atoms with Crippen molar-refractivity contribution in [2.75, 3.05) is 5.32 Å². The summed E-state index contributed by atoms with van der Waals surface area (Å²) in [5, 5.41) is 5.22. The standard InChI is InChI=1S/C19H16ClFN4O3/c1-10-6-7-22-8-14(10)24-17(26)15-9-28-19(25-15)11(2)23-18(27)16-12(20)4-3-5-13(16)21/h3-9,11H,1-2H3,(H,23,27)(H,24,26)/t11-/m1/s1. The summed E-state index contributed by atoms with van der Waals surface area (Å²) in [5.74, 6) is -1.85. The van der Waals surface area contributed by atoms with Crippen LogP contribution in [0.4, 0.5) is 10.1 Å². The second kappa shape index (κ2) is 8.18. The van der Waals surface area contributed by atoms with Gasteiger partial charge in [-0.15, -0.1) is 0 Å². The van der Waals surface area contributed by atoms with Gasteiger partial charge in [0.2, 0.25) is 5.89 Å². The van der Waals surface area contributed by atoms with Gasteiger partial charge >= 0.3 is 0 Å². The van der Waals surface area contributed by atoms with E-state index in [4.69, 9.17) is 16.0 Å². The van der Waals surface area contributed by atoms with Crippen LogP contribution in [0, 0.1) is 12.7 Å². The molecule has 0 unspecified atom stereocenters. The van der Waals surface area contributed by atoms with E-state index in [1.807, 2.05) is 6.92 Å². The van der Waals surface area contributed by atoms with E-state index < -0.39 is 23.7 Å². The molecule has 0 radical (unpaired) electrons. The lowest BCUT2D eigenvalue weighted by atomic mass is 10.2. The van der Waals surface area contributed by atoms with Crippen LogP contribution in [0.15, 0.2) is 47.3 Å². The molecule has 144 valence electrons. The molecule has 0 aliphatic rings. The third-order valence-corrected chi connectivity index (χ3v) is 4.26. The molecule has 0 aliphatic heterocycles. The maximum absolute atomic E-state index is 13.9. The summed E-state index contributed by atoms with van der Waals surface area (Å²) in [4.78, 5) is 32.7. The number of aromatic nitrogens is 2. The molecule has 0 saturated carbocycles. The van der Waals surface area contributed by atoms with Gasteiger partial charge in [-0.25, -0.2) is 9.37 Å². The molecule has 0 aliphatic carbocycles. The van der Waals surface area contributed by atoms with Crippen LogP contribution in [0.2, 0.25) is 5.02 Å². The van der Waals surface area contributed by atoms with Gasteiger partial charge in [0.15, 0.2) is 5.69 Å². The van der Waals surface area contributed by atoms with E-state index in [9.17, 15) is 14.0 Å². The van der Waals surface area contributed by atoms with Crippen LogP contribution in [-0.2, 0) is 0 Å². The number of halogens is 2. The highest BCUT2D eigenvalue weighted by Crippen LogP contribution is 2.21. The minimum atomic E-state index is -0.739.